The number of hydrogen-bond acceptors (Lipinski definition) is 3. The number of aliphatic hydroxyl groups is 1. The van der Waals surface area contributed by atoms with Gasteiger partial charge in [0.2, 0.25) is 5.91 Å². The van der Waals surface area contributed by atoms with Crippen molar-refractivity contribution in [1.82, 2.24) is 10.2 Å². The van der Waals surface area contributed by atoms with E-state index in [2.05, 4.69) is 12.2 Å². The van der Waals surface area contributed by atoms with E-state index in [1.165, 1.54) is 0 Å². The summed E-state index contributed by atoms with van der Waals surface area (Å²) < 4.78 is 0. The molecule has 0 heterocycles. The molecule has 0 unspecified atom stereocenters. The van der Waals surface area contributed by atoms with Crippen LogP contribution in [0.3, 0.4) is 0 Å². The van der Waals surface area contributed by atoms with Crippen LogP contribution in [0.25, 0.3) is 0 Å². The summed E-state index contributed by atoms with van der Waals surface area (Å²) in [6, 6.07) is 0. The van der Waals surface area contributed by atoms with Crippen molar-refractivity contribution in [3.8, 4) is 0 Å². The molecule has 0 spiro atoms. The minimum atomic E-state index is -0.110. The Balaban J connectivity index is 3.86. The molecule has 1 amide bonds. The summed E-state index contributed by atoms with van der Waals surface area (Å²) in [7, 11) is 0. The van der Waals surface area contributed by atoms with Crippen molar-refractivity contribution < 1.29 is 9.90 Å². The average molecular weight is 266 g/mol. The van der Waals surface area contributed by atoms with Gasteiger partial charge in [-0.1, -0.05) is 44.1 Å². The third kappa shape index (κ3) is 11.4. The molecule has 0 atom stereocenters. The Morgan fingerprint density at radius 2 is 1.95 bits per heavy atom. The van der Waals surface area contributed by atoms with E-state index in [0.29, 0.717) is 0 Å². The zero-order valence-electron chi connectivity index (χ0n) is 12.0. The Morgan fingerprint density at radius 1 is 1.21 bits per heavy atom. The van der Waals surface area contributed by atoms with Crippen LogP contribution in [0.1, 0.15) is 33.1 Å². The molecular weight excluding hydrogens is 240 g/mol. The van der Waals surface area contributed by atoms with Gasteiger partial charge in [-0.05, 0) is 19.4 Å². The number of allylic oxidation sites excluding steroid dienone is 5. The fraction of sp³-hybridized carbons (Fsp3) is 0.533. The van der Waals surface area contributed by atoms with Gasteiger partial charge in [-0.25, -0.2) is 0 Å². The summed E-state index contributed by atoms with van der Waals surface area (Å²) in [5.41, 5.74) is 0. The average Bonchev–Trinajstić information content (AvgIpc) is 2.41. The molecule has 2 N–H and O–H groups in total. The Labute approximate surface area is 116 Å². The number of nitrogens with zero attached hydrogens (tertiary/aromatic N) is 1. The molecule has 0 aliphatic heterocycles. The maximum atomic E-state index is 11.6. The number of amides is 1. The fourth-order valence-corrected chi connectivity index (χ4v) is 1.47. The van der Waals surface area contributed by atoms with E-state index >= 15 is 0 Å². The lowest BCUT2D eigenvalue weighted by molar-refractivity contribution is -0.122. The third-order valence-electron chi connectivity index (χ3n) is 2.51. The van der Waals surface area contributed by atoms with E-state index in [0.717, 1.165) is 25.8 Å². The molecule has 0 saturated heterocycles. The number of nitrogens with one attached hydrogen (secondary N) is 1. The summed E-state index contributed by atoms with van der Waals surface area (Å²) in [4.78, 5) is 13.3. The number of rotatable bonds is 10. The van der Waals surface area contributed by atoms with Crippen LogP contribution in [0.2, 0.25) is 0 Å². The molecule has 4 heteroatoms. The second-order valence-electron chi connectivity index (χ2n) is 4.24. The Bertz CT molecular complexity index is 309. The number of unbranched alkanes of at least 4 members (excludes halogenated alkanes) is 2. The Kier molecular flexibility index (Phi) is 12.1. The van der Waals surface area contributed by atoms with Gasteiger partial charge in [0.25, 0.3) is 0 Å². The van der Waals surface area contributed by atoms with Crippen molar-refractivity contribution in [1.29, 1.82) is 0 Å². The van der Waals surface area contributed by atoms with Crippen molar-refractivity contribution >= 4 is 5.91 Å². The van der Waals surface area contributed by atoms with Crippen LogP contribution in [0.5, 0.6) is 0 Å². The lowest BCUT2D eigenvalue weighted by Gasteiger charge is -2.17. The molecule has 0 bridgehead atoms. The summed E-state index contributed by atoms with van der Waals surface area (Å²) in [5, 5.41) is 11.8. The highest BCUT2D eigenvalue weighted by Crippen LogP contribution is 1.97. The first-order chi connectivity index (χ1) is 9.24. The maximum absolute atomic E-state index is 11.6. The lowest BCUT2D eigenvalue weighted by atomic mass is 10.2. The van der Waals surface area contributed by atoms with E-state index in [-0.39, 0.29) is 19.2 Å². The summed E-state index contributed by atoms with van der Waals surface area (Å²) in [6.07, 6.45) is 14.2. The zero-order chi connectivity index (χ0) is 14.3. The topological polar surface area (TPSA) is 52.6 Å². The third-order valence-corrected chi connectivity index (χ3v) is 2.51. The first-order valence-corrected chi connectivity index (χ1v) is 6.81. The molecule has 0 aromatic heterocycles. The summed E-state index contributed by atoms with van der Waals surface area (Å²) in [6.45, 7) is 4.97. The van der Waals surface area contributed by atoms with Crippen LogP contribution >= 0.6 is 0 Å². The molecule has 19 heavy (non-hydrogen) atoms. The van der Waals surface area contributed by atoms with Gasteiger partial charge in [0.1, 0.15) is 0 Å². The minimum absolute atomic E-state index is 0.0813. The summed E-state index contributed by atoms with van der Waals surface area (Å²) in [5.74, 6) is -0.110. The minimum Gasteiger partial charge on any atom is -0.381 e. The highest BCUT2D eigenvalue weighted by atomic mass is 16.3. The molecule has 0 radical (unpaired) electrons. The van der Waals surface area contributed by atoms with E-state index in [1.807, 2.05) is 31.2 Å². The van der Waals surface area contributed by atoms with E-state index in [1.54, 1.807) is 17.2 Å². The van der Waals surface area contributed by atoms with Crippen LogP contribution in [-0.2, 0) is 4.79 Å². The Hall–Kier alpha value is -1.39. The van der Waals surface area contributed by atoms with Crippen molar-refractivity contribution in [3.63, 3.8) is 0 Å². The van der Waals surface area contributed by atoms with Gasteiger partial charge < -0.3 is 10.4 Å². The maximum Gasteiger partial charge on any atom is 0.238 e. The van der Waals surface area contributed by atoms with Crippen molar-refractivity contribution in [3.05, 3.63) is 36.6 Å². The second kappa shape index (κ2) is 13.1. The number of carbonyl (C=O) groups is 1. The van der Waals surface area contributed by atoms with Crippen LogP contribution in [-0.4, -0.2) is 35.7 Å². The van der Waals surface area contributed by atoms with Gasteiger partial charge in [0.05, 0.1) is 13.3 Å². The Morgan fingerprint density at radius 3 is 2.58 bits per heavy atom. The van der Waals surface area contributed by atoms with Gasteiger partial charge in [-0.2, -0.15) is 0 Å². The predicted molar refractivity (Wildman–Crippen MR) is 79.4 cm³/mol. The highest BCUT2D eigenvalue weighted by molar-refractivity contribution is 5.78. The van der Waals surface area contributed by atoms with E-state index < -0.39 is 0 Å². The standard InChI is InChI=1S/C15H26N2O2/c1-3-5-7-8-9-11-16-15(19)13-17(14-18)12-10-6-4-2/h3,5,7-9,11,18H,4,6,10,12-14H2,1-2H3,(H,16,19)/b5-3+,8-7-,11-9+. The van der Waals surface area contributed by atoms with Gasteiger partial charge in [-0.3, -0.25) is 9.69 Å². The second-order valence-corrected chi connectivity index (χ2v) is 4.24. The monoisotopic (exact) mass is 266 g/mol. The molecule has 0 aliphatic rings. The highest BCUT2D eigenvalue weighted by Gasteiger charge is 2.07. The van der Waals surface area contributed by atoms with Crippen LogP contribution in [0.4, 0.5) is 0 Å². The normalized spacial score (nSPS) is 12.2. The molecule has 0 fully saturated rings. The van der Waals surface area contributed by atoms with Gasteiger partial charge in [0.15, 0.2) is 0 Å². The molecular formula is C15H26N2O2. The van der Waals surface area contributed by atoms with Gasteiger partial charge in [-0.15, -0.1) is 0 Å². The van der Waals surface area contributed by atoms with Crippen molar-refractivity contribution in [2.75, 3.05) is 19.8 Å². The molecule has 0 saturated carbocycles. The van der Waals surface area contributed by atoms with Gasteiger partial charge in [0, 0.05) is 12.7 Å². The first-order valence-electron chi connectivity index (χ1n) is 6.81. The first kappa shape index (κ1) is 17.6. The van der Waals surface area contributed by atoms with E-state index in [4.69, 9.17) is 5.11 Å². The SMILES string of the molecule is C/C=C/C=C\C=C\NC(=O)CN(CO)CCCCC. The zero-order valence-corrected chi connectivity index (χ0v) is 12.0. The predicted octanol–water partition coefficient (Wildman–Crippen LogP) is 2.19. The van der Waals surface area contributed by atoms with Crippen molar-refractivity contribution in [2.45, 2.75) is 33.1 Å². The summed E-state index contributed by atoms with van der Waals surface area (Å²) >= 11 is 0. The van der Waals surface area contributed by atoms with Crippen molar-refractivity contribution in [2.24, 2.45) is 0 Å². The van der Waals surface area contributed by atoms with E-state index in [9.17, 15) is 4.79 Å². The quantitative estimate of drug-likeness (QED) is 0.362. The fourth-order valence-electron chi connectivity index (χ4n) is 1.47. The number of aliphatic hydroxyl groups excluding tert-OH is 1. The molecule has 0 aromatic carbocycles. The largest absolute Gasteiger partial charge is 0.381 e. The number of carbonyl (C=O) groups excluding carboxylic acids is 1. The lowest BCUT2D eigenvalue weighted by Crippen LogP contribution is -2.36. The van der Waals surface area contributed by atoms with Crippen LogP contribution in [0.15, 0.2) is 36.6 Å². The molecule has 0 aromatic rings. The van der Waals surface area contributed by atoms with Crippen LogP contribution < -0.4 is 5.32 Å². The van der Waals surface area contributed by atoms with Gasteiger partial charge >= 0.3 is 0 Å². The molecule has 4 nitrogen and oxygen atoms in total. The molecule has 0 rings (SSSR count). The molecule has 0 aliphatic carbocycles. The van der Waals surface area contributed by atoms with Crippen LogP contribution in [0, 0.1) is 0 Å². The molecule has 108 valence electrons. The number of hydrogen-bond donors (Lipinski definition) is 2. The smallest absolute Gasteiger partial charge is 0.238 e.